The standard InChI is InChI=1S/C24H23N5O/c1-16(2)15-26-24(30)20-12-19-8-5-11-25-23(19)22(14-20)28-29-27-21-10-9-17-6-3-4-7-18(17)13-21/h3-14,16H,15H2,1-2H3,(H,26,30)(H,27,28). The minimum atomic E-state index is -0.131. The third kappa shape index (κ3) is 4.43. The van der Waals surface area contributed by atoms with E-state index in [0.717, 1.165) is 21.8 Å². The Hall–Kier alpha value is -3.80. The van der Waals surface area contributed by atoms with E-state index in [2.05, 4.69) is 46.0 Å². The number of aromatic nitrogens is 1. The summed E-state index contributed by atoms with van der Waals surface area (Å²) in [6, 6.07) is 21.4. The van der Waals surface area contributed by atoms with Crippen LogP contribution in [0.2, 0.25) is 0 Å². The number of anilines is 1. The van der Waals surface area contributed by atoms with Crippen molar-refractivity contribution in [3.8, 4) is 0 Å². The molecule has 0 saturated heterocycles. The first-order valence-electron chi connectivity index (χ1n) is 9.93. The minimum Gasteiger partial charge on any atom is -0.352 e. The summed E-state index contributed by atoms with van der Waals surface area (Å²) in [5, 5.41) is 14.5. The van der Waals surface area contributed by atoms with Gasteiger partial charge in [0.25, 0.3) is 5.91 Å². The highest BCUT2D eigenvalue weighted by Crippen LogP contribution is 2.27. The first kappa shape index (κ1) is 19.5. The van der Waals surface area contributed by atoms with Crippen LogP contribution in [0.1, 0.15) is 24.2 Å². The maximum atomic E-state index is 12.5. The lowest BCUT2D eigenvalue weighted by Gasteiger charge is -2.09. The maximum absolute atomic E-state index is 12.5. The molecule has 0 fully saturated rings. The first-order valence-corrected chi connectivity index (χ1v) is 9.93. The summed E-state index contributed by atoms with van der Waals surface area (Å²) < 4.78 is 0. The van der Waals surface area contributed by atoms with Gasteiger partial charge in [-0.15, -0.1) is 5.11 Å². The largest absolute Gasteiger partial charge is 0.352 e. The Morgan fingerprint density at radius 3 is 2.60 bits per heavy atom. The predicted octanol–water partition coefficient (Wildman–Crippen LogP) is 5.88. The molecule has 0 spiro atoms. The van der Waals surface area contributed by atoms with E-state index < -0.39 is 0 Å². The lowest BCUT2D eigenvalue weighted by atomic mass is 10.1. The third-order valence-electron chi connectivity index (χ3n) is 4.70. The fraction of sp³-hybridized carbons (Fsp3) is 0.167. The van der Waals surface area contributed by atoms with Gasteiger partial charge >= 0.3 is 0 Å². The summed E-state index contributed by atoms with van der Waals surface area (Å²) in [6.45, 7) is 4.73. The molecule has 4 aromatic rings. The molecule has 0 aliphatic rings. The highest BCUT2D eigenvalue weighted by atomic mass is 16.1. The number of carbonyl (C=O) groups excluding carboxylic acids is 1. The fourth-order valence-electron chi connectivity index (χ4n) is 3.17. The topological polar surface area (TPSA) is 78.7 Å². The van der Waals surface area contributed by atoms with Gasteiger partial charge in [-0.1, -0.05) is 55.5 Å². The Morgan fingerprint density at radius 2 is 1.77 bits per heavy atom. The molecule has 0 saturated carbocycles. The number of fused-ring (bicyclic) bond motifs is 2. The molecule has 0 aliphatic heterocycles. The number of amides is 1. The molecule has 0 radical (unpaired) electrons. The van der Waals surface area contributed by atoms with Crippen LogP contribution >= 0.6 is 0 Å². The van der Waals surface area contributed by atoms with Crippen molar-refractivity contribution in [2.24, 2.45) is 16.3 Å². The van der Waals surface area contributed by atoms with Crippen LogP contribution in [-0.2, 0) is 0 Å². The molecule has 150 valence electrons. The summed E-state index contributed by atoms with van der Waals surface area (Å²) in [5.74, 6) is 0.245. The van der Waals surface area contributed by atoms with Crippen LogP contribution in [0.4, 0.5) is 11.4 Å². The van der Waals surface area contributed by atoms with Gasteiger partial charge < -0.3 is 5.32 Å². The Morgan fingerprint density at radius 1 is 0.967 bits per heavy atom. The monoisotopic (exact) mass is 397 g/mol. The first-order chi connectivity index (χ1) is 14.6. The molecule has 0 atom stereocenters. The second-order valence-corrected chi connectivity index (χ2v) is 7.55. The van der Waals surface area contributed by atoms with Crippen LogP contribution in [0, 0.1) is 5.92 Å². The number of pyridine rings is 1. The molecule has 0 unspecified atom stereocenters. The molecule has 6 nitrogen and oxygen atoms in total. The van der Waals surface area contributed by atoms with Crippen molar-refractivity contribution in [1.29, 1.82) is 0 Å². The minimum absolute atomic E-state index is 0.131. The summed E-state index contributed by atoms with van der Waals surface area (Å²) in [6.07, 6.45) is 1.70. The molecular weight excluding hydrogens is 374 g/mol. The predicted molar refractivity (Wildman–Crippen MR) is 121 cm³/mol. The maximum Gasteiger partial charge on any atom is 0.251 e. The van der Waals surface area contributed by atoms with Gasteiger partial charge in [-0.25, -0.2) is 0 Å². The third-order valence-corrected chi connectivity index (χ3v) is 4.70. The Balaban J connectivity index is 1.60. The van der Waals surface area contributed by atoms with Crippen molar-refractivity contribution in [2.75, 3.05) is 12.0 Å². The molecule has 0 aliphatic carbocycles. The molecule has 4 rings (SSSR count). The summed E-state index contributed by atoms with van der Waals surface area (Å²) in [7, 11) is 0. The van der Waals surface area contributed by atoms with Gasteiger partial charge in [-0.05, 0) is 47.0 Å². The van der Waals surface area contributed by atoms with Crippen LogP contribution in [0.15, 0.2) is 83.3 Å². The van der Waals surface area contributed by atoms with Crippen molar-refractivity contribution in [2.45, 2.75) is 13.8 Å². The van der Waals surface area contributed by atoms with Gasteiger partial charge in [0.2, 0.25) is 0 Å². The quantitative estimate of drug-likeness (QED) is 0.315. The van der Waals surface area contributed by atoms with Gasteiger partial charge in [0.15, 0.2) is 0 Å². The van der Waals surface area contributed by atoms with Crippen molar-refractivity contribution >= 4 is 39.0 Å². The van der Waals surface area contributed by atoms with Crippen LogP contribution in [0.3, 0.4) is 0 Å². The van der Waals surface area contributed by atoms with Crippen LogP contribution < -0.4 is 10.7 Å². The van der Waals surface area contributed by atoms with Crippen molar-refractivity contribution in [1.82, 2.24) is 10.3 Å². The van der Waals surface area contributed by atoms with Crippen molar-refractivity contribution in [3.05, 3.63) is 78.5 Å². The van der Waals surface area contributed by atoms with Crippen molar-refractivity contribution in [3.63, 3.8) is 0 Å². The molecule has 2 N–H and O–H groups in total. The molecule has 3 aromatic carbocycles. The zero-order chi connectivity index (χ0) is 20.9. The number of nitrogens with one attached hydrogen (secondary N) is 2. The average Bonchev–Trinajstić information content (AvgIpc) is 2.77. The van der Waals surface area contributed by atoms with Gasteiger partial charge in [-0.3, -0.25) is 15.2 Å². The van der Waals surface area contributed by atoms with E-state index in [1.165, 1.54) is 0 Å². The number of hydrogen-bond acceptors (Lipinski definition) is 4. The van der Waals surface area contributed by atoms with Crippen LogP contribution in [0.5, 0.6) is 0 Å². The summed E-state index contributed by atoms with van der Waals surface area (Å²) >= 11 is 0. The Bertz CT molecular complexity index is 1230. The Kier molecular flexibility index (Phi) is 5.66. The number of carbonyl (C=O) groups is 1. The zero-order valence-corrected chi connectivity index (χ0v) is 17.0. The van der Waals surface area contributed by atoms with Gasteiger partial charge in [0, 0.05) is 23.7 Å². The number of benzene rings is 3. The van der Waals surface area contributed by atoms with E-state index in [4.69, 9.17) is 0 Å². The molecular formula is C24H23N5O. The Labute approximate surface area is 175 Å². The van der Waals surface area contributed by atoms with Gasteiger partial charge in [-0.2, -0.15) is 0 Å². The van der Waals surface area contributed by atoms with E-state index in [-0.39, 0.29) is 5.91 Å². The number of hydrogen-bond donors (Lipinski definition) is 2. The normalized spacial score (nSPS) is 11.4. The summed E-state index contributed by atoms with van der Waals surface area (Å²) in [4.78, 5) is 17.0. The van der Waals surface area contributed by atoms with Crippen LogP contribution in [0.25, 0.3) is 21.7 Å². The zero-order valence-electron chi connectivity index (χ0n) is 17.0. The molecule has 1 aromatic heterocycles. The lowest BCUT2D eigenvalue weighted by molar-refractivity contribution is 0.0949. The van der Waals surface area contributed by atoms with E-state index in [9.17, 15) is 4.79 Å². The van der Waals surface area contributed by atoms with E-state index in [1.54, 1.807) is 12.3 Å². The van der Waals surface area contributed by atoms with E-state index in [1.807, 2.05) is 54.6 Å². The second-order valence-electron chi connectivity index (χ2n) is 7.55. The smallest absolute Gasteiger partial charge is 0.251 e. The SMILES string of the molecule is CC(C)CNC(=O)c1cc(/N=N/Nc2ccc3ccccc3c2)c2ncccc2c1. The number of nitrogens with zero attached hydrogens (tertiary/aromatic N) is 3. The summed E-state index contributed by atoms with van der Waals surface area (Å²) in [5.41, 5.74) is 5.57. The lowest BCUT2D eigenvalue weighted by Crippen LogP contribution is -2.27. The molecule has 1 amide bonds. The highest BCUT2D eigenvalue weighted by molar-refractivity contribution is 6.01. The van der Waals surface area contributed by atoms with Crippen LogP contribution in [-0.4, -0.2) is 17.4 Å². The fourth-order valence-corrected chi connectivity index (χ4v) is 3.17. The average molecular weight is 397 g/mol. The van der Waals surface area contributed by atoms with Crippen molar-refractivity contribution < 1.29 is 4.79 Å². The molecule has 0 bridgehead atoms. The van der Waals surface area contributed by atoms with Gasteiger partial charge in [0.05, 0.1) is 11.2 Å². The molecule has 1 heterocycles. The second kappa shape index (κ2) is 8.69. The molecule has 6 heteroatoms. The van der Waals surface area contributed by atoms with Gasteiger partial charge in [0.1, 0.15) is 5.69 Å². The number of rotatable bonds is 6. The molecule has 30 heavy (non-hydrogen) atoms. The van der Waals surface area contributed by atoms with E-state index in [0.29, 0.717) is 29.2 Å². The van der Waals surface area contributed by atoms with E-state index >= 15 is 0 Å². The highest BCUT2D eigenvalue weighted by Gasteiger charge is 2.11.